The van der Waals surface area contributed by atoms with Crippen LogP contribution in [0.1, 0.15) is 0 Å². The van der Waals surface area contributed by atoms with Crippen LogP contribution in [0, 0.1) is 0 Å². The third-order valence-corrected chi connectivity index (χ3v) is 8.10. The van der Waals surface area contributed by atoms with E-state index in [0.717, 1.165) is 38.8 Å². The standard InChI is InChI=1S/C38H25NO/c40-36-24-18-28-16-22-33-31(21-15-27-17-23-34(36)38(28)37(27)33)26-13-19-30(20-14-26)39(29-9-2-1-3-10-29)35-12-6-8-25-7-4-5-11-32(25)35/h1-24,40H. The van der Waals surface area contributed by atoms with E-state index in [1.807, 2.05) is 12.1 Å². The van der Waals surface area contributed by atoms with Crippen LogP contribution in [0.5, 0.6) is 5.75 Å². The van der Waals surface area contributed by atoms with Crippen LogP contribution in [0.15, 0.2) is 146 Å². The summed E-state index contributed by atoms with van der Waals surface area (Å²) >= 11 is 0. The molecule has 188 valence electrons. The van der Waals surface area contributed by atoms with Gasteiger partial charge in [0.25, 0.3) is 0 Å². The molecule has 0 bridgehead atoms. The number of anilines is 3. The van der Waals surface area contributed by atoms with Crippen molar-refractivity contribution in [2.45, 2.75) is 0 Å². The van der Waals surface area contributed by atoms with Crippen LogP contribution >= 0.6 is 0 Å². The molecule has 0 aliphatic carbocycles. The molecule has 0 spiro atoms. The molecule has 40 heavy (non-hydrogen) atoms. The Balaban J connectivity index is 1.30. The zero-order chi connectivity index (χ0) is 26.6. The summed E-state index contributed by atoms with van der Waals surface area (Å²) in [7, 11) is 0. The van der Waals surface area contributed by atoms with Crippen molar-refractivity contribution in [3.05, 3.63) is 146 Å². The van der Waals surface area contributed by atoms with Gasteiger partial charge in [0.2, 0.25) is 0 Å². The molecule has 0 atom stereocenters. The third-order valence-electron chi connectivity index (χ3n) is 8.10. The highest BCUT2D eigenvalue weighted by atomic mass is 16.3. The van der Waals surface area contributed by atoms with Gasteiger partial charge in [-0.2, -0.15) is 0 Å². The van der Waals surface area contributed by atoms with Gasteiger partial charge in [-0.1, -0.05) is 109 Å². The van der Waals surface area contributed by atoms with Gasteiger partial charge in [-0.3, -0.25) is 0 Å². The zero-order valence-corrected chi connectivity index (χ0v) is 21.8. The predicted molar refractivity (Wildman–Crippen MR) is 169 cm³/mol. The second-order valence-corrected chi connectivity index (χ2v) is 10.3. The molecule has 0 saturated carbocycles. The van der Waals surface area contributed by atoms with Crippen molar-refractivity contribution >= 4 is 60.2 Å². The van der Waals surface area contributed by atoms with Gasteiger partial charge in [0.15, 0.2) is 0 Å². The zero-order valence-electron chi connectivity index (χ0n) is 21.8. The third kappa shape index (κ3) is 3.43. The fourth-order valence-corrected chi connectivity index (χ4v) is 6.24. The van der Waals surface area contributed by atoms with Crippen molar-refractivity contribution in [3.63, 3.8) is 0 Å². The number of para-hydroxylation sites is 1. The summed E-state index contributed by atoms with van der Waals surface area (Å²) in [6.45, 7) is 0. The Labute approximate surface area is 232 Å². The first-order chi connectivity index (χ1) is 19.8. The maximum Gasteiger partial charge on any atom is 0.123 e. The largest absolute Gasteiger partial charge is 0.507 e. The van der Waals surface area contributed by atoms with Crippen LogP contribution in [0.2, 0.25) is 0 Å². The van der Waals surface area contributed by atoms with Crippen molar-refractivity contribution in [2.24, 2.45) is 0 Å². The van der Waals surface area contributed by atoms with Gasteiger partial charge < -0.3 is 10.0 Å². The Morgan fingerprint density at radius 2 is 1.02 bits per heavy atom. The number of phenols is 1. The number of hydrogen-bond acceptors (Lipinski definition) is 2. The molecular formula is C38H25NO. The molecule has 0 radical (unpaired) electrons. The monoisotopic (exact) mass is 511 g/mol. The maximum absolute atomic E-state index is 10.6. The molecule has 0 fully saturated rings. The van der Waals surface area contributed by atoms with E-state index in [-0.39, 0.29) is 0 Å². The predicted octanol–water partition coefficient (Wildman–Crippen LogP) is 10.6. The van der Waals surface area contributed by atoms with Crippen LogP contribution in [-0.2, 0) is 0 Å². The van der Waals surface area contributed by atoms with E-state index in [1.54, 1.807) is 6.07 Å². The van der Waals surface area contributed by atoms with Gasteiger partial charge in [-0.25, -0.2) is 0 Å². The van der Waals surface area contributed by atoms with Crippen LogP contribution in [0.4, 0.5) is 17.1 Å². The molecule has 0 saturated heterocycles. The minimum atomic E-state index is 0.325. The quantitative estimate of drug-likeness (QED) is 0.238. The molecule has 0 unspecified atom stereocenters. The summed E-state index contributed by atoms with van der Waals surface area (Å²) in [4.78, 5) is 2.33. The molecule has 0 amide bonds. The number of phenolic OH excluding ortho intramolecular Hbond substituents is 1. The summed E-state index contributed by atoms with van der Waals surface area (Å²) in [6.07, 6.45) is 0. The van der Waals surface area contributed by atoms with E-state index in [1.165, 1.54) is 32.5 Å². The van der Waals surface area contributed by atoms with Gasteiger partial charge in [0.1, 0.15) is 5.75 Å². The molecule has 0 aromatic heterocycles. The maximum atomic E-state index is 10.6. The summed E-state index contributed by atoms with van der Waals surface area (Å²) in [5, 5.41) is 19.8. The first-order valence-electron chi connectivity index (χ1n) is 13.6. The highest BCUT2D eigenvalue weighted by molar-refractivity contribution is 6.26. The van der Waals surface area contributed by atoms with Crippen LogP contribution in [0.3, 0.4) is 0 Å². The summed E-state index contributed by atoms with van der Waals surface area (Å²) in [6, 6.07) is 51.2. The Bertz CT molecular complexity index is 2160. The Morgan fingerprint density at radius 1 is 0.400 bits per heavy atom. The second kappa shape index (κ2) is 8.86. The topological polar surface area (TPSA) is 23.5 Å². The minimum absolute atomic E-state index is 0.325. The highest BCUT2D eigenvalue weighted by Crippen LogP contribution is 2.43. The number of aromatic hydroxyl groups is 1. The van der Waals surface area contributed by atoms with E-state index < -0.39 is 0 Å². The van der Waals surface area contributed by atoms with Gasteiger partial charge in [-0.05, 0) is 74.5 Å². The van der Waals surface area contributed by atoms with E-state index in [0.29, 0.717) is 5.75 Å². The highest BCUT2D eigenvalue weighted by Gasteiger charge is 2.17. The summed E-state index contributed by atoms with van der Waals surface area (Å²) < 4.78 is 0. The second-order valence-electron chi connectivity index (χ2n) is 10.3. The van der Waals surface area contributed by atoms with Gasteiger partial charge >= 0.3 is 0 Å². The number of hydrogen-bond donors (Lipinski definition) is 1. The molecule has 8 rings (SSSR count). The first-order valence-corrected chi connectivity index (χ1v) is 13.6. The molecule has 2 nitrogen and oxygen atoms in total. The fourth-order valence-electron chi connectivity index (χ4n) is 6.24. The lowest BCUT2D eigenvalue weighted by Gasteiger charge is -2.27. The molecule has 1 N–H and O–H groups in total. The van der Waals surface area contributed by atoms with E-state index in [4.69, 9.17) is 0 Å². The lowest BCUT2D eigenvalue weighted by molar-refractivity contribution is 0.482. The number of benzene rings is 8. The van der Waals surface area contributed by atoms with E-state index in [2.05, 4.69) is 132 Å². The number of nitrogens with zero attached hydrogens (tertiary/aromatic N) is 1. The Hall–Kier alpha value is -5.34. The van der Waals surface area contributed by atoms with Crippen LogP contribution < -0.4 is 4.90 Å². The Kier molecular flexibility index (Phi) is 5.01. The average Bonchev–Trinajstić information content (AvgIpc) is 3.02. The van der Waals surface area contributed by atoms with Crippen LogP contribution in [0.25, 0.3) is 54.2 Å². The Morgan fingerprint density at radius 3 is 1.85 bits per heavy atom. The van der Waals surface area contributed by atoms with Gasteiger partial charge in [0.05, 0.1) is 5.69 Å². The number of fused-ring (bicyclic) bond motifs is 1. The van der Waals surface area contributed by atoms with Crippen molar-refractivity contribution in [1.82, 2.24) is 0 Å². The molecular weight excluding hydrogens is 486 g/mol. The van der Waals surface area contributed by atoms with Crippen molar-refractivity contribution in [2.75, 3.05) is 4.90 Å². The van der Waals surface area contributed by atoms with Crippen molar-refractivity contribution in [1.29, 1.82) is 0 Å². The molecule has 8 aromatic carbocycles. The van der Waals surface area contributed by atoms with Gasteiger partial charge in [0, 0.05) is 27.5 Å². The first kappa shape index (κ1) is 22.6. The molecule has 2 heteroatoms. The fraction of sp³-hybridized carbons (Fsp3) is 0. The normalized spacial score (nSPS) is 11.6. The summed E-state index contributed by atoms with van der Waals surface area (Å²) in [5.74, 6) is 0.325. The van der Waals surface area contributed by atoms with E-state index in [9.17, 15) is 5.11 Å². The molecule has 8 aromatic rings. The lowest BCUT2D eigenvalue weighted by Crippen LogP contribution is -2.10. The molecule has 0 aliphatic rings. The lowest BCUT2D eigenvalue weighted by atomic mass is 9.89. The van der Waals surface area contributed by atoms with Crippen molar-refractivity contribution in [3.8, 4) is 16.9 Å². The van der Waals surface area contributed by atoms with Gasteiger partial charge in [-0.15, -0.1) is 0 Å². The SMILES string of the molecule is Oc1ccc2ccc3c(-c4ccc(N(c5ccccc5)c5cccc6ccccc56)cc4)ccc4ccc1c2c43. The van der Waals surface area contributed by atoms with E-state index >= 15 is 0 Å². The minimum Gasteiger partial charge on any atom is -0.507 e. The number of rotatable bonds is 4. The van der Waals surface area contributed by atoms with Crippen LogP contribution in [-0.4, -0.2) is 5.11 Å². The molecule has 0 aliphatic heterocycles. The van der Waals surface area contributed by atoms with Crippen molar-refractivity contribution < 1.29 is 5.11 Å². The average molecular weight is 512 g/mol. The molecule has 0 heterocycles. The smallest absolute Gasteiger partial charge is 0.123 e. The summed E-state index contributed by atoms with van der Waals surface area (Å²) in [5.41, 5.74) is 5.73.